The number of hydrogen-bond acceptors (Lipinski definition) is 6. The first-order valence-corrected chi connectivity index (χ1v) is 10.9. The number of nitro benzene ring substituents is 1. The number of nitrogens with zero attached hydrogens (tertiary/aromatic N) is 2. The van der Waals surface area contributed by atoms with Gasteiger partial charge in [-0.15, -0.1) is 11.8 Å². The molecule has 152 valence electrons. The highest BCUT2D eigenvalue weighted by atomic mass is 79.9. The van der Waals surface area contributed by atoms with Crippen molar-refractivity contribution in [2.75, 3.05) is 0 Å². The molecule has 1 N–H and O–H groups in total. The summed E-state index contributed by atoms with van der Waals surface area (Å²) in [6, 6.07) is 16.3. The zero-order chi connectivity index (χ0) is 21.8. The predicted octanol–water partition coefficient (Wildman–Crippen LogP) is 5.58. The van der Waals surface area contributed by atoms with Crippen molar-refractivity contribution < 1.29 is 9.72 Å². The van der Waals surface area contributed by atoms with Crippen molar-refractivity contribution in [1.82, 2.24) is 5.32 Å². The molecule has 1 aliphatic rings. The fraction of sp³-hybridized carbons (Fsp3) is 0.182. The fourth-order valence-electron chi connectivity index (χ4n) is 3.47. The van der Waals surface area contributed by atoms with E-state index in [1.807, 2.05) is 24.3 Å². The van der Waals surface area contributed by atoms with Gasteiger partial charge in [0, 0.05) is 33.1 Å². The molecule has 1 unspecified atom stereocenters. The number of para-hydroxylation sites is 1. The third-order valence-electron chi connectivity index (χ3n) is 4.80. The molecule has 0 aromatic heterocycles. The Balaban J connectivity index is 2.05. The van der Waals surface area contributed by atoms with Crippen LogP contribution in [0.5, 0.6) is 0 Å². The summed E-state index contributed by atoms with van der Waals surface area (Å²) in [5.41, 5.74) is 3.06. The van der Waals surface area contributed by atoms with Crippen molar-refractivity contribution >= 4 is 39.2 Å². The first-order chi connectivity index (χ1) is 14.3. The topological polar surface area (TPSA) is 96.0 Å². The van der Waals surface area contributed by atoms with Crippen LogP contribution >= 0.6 is 27.7 Å². The quantitative estimate of drug-likeness (QED) is 0.425. The zero-order valence-electron chi connectivity index (χ0n) is 16.3. The van der Waals surface area contributed by atoms with Crippen LogP contribution < -0.4 is 5.32 Å². The minimum Gasteiger partial charge on any atom is -0.353 e. The van der Waals surface area contributed by atoms with E-state index in [4.69, 9.17) is 0 Å². The van der Waals surface area contributed by atoms with Crippen LogP contribution in [0.3, 0.4) is 0 Å². The van der Waals surface area contributed by atoms with Gasteiger partial charge >= 0.3 is 0 Å². The van der Waals surface area contributed by atoms with Crippen LogP contribution in [-0.4, -0.2) is 10.7 Å². The van der Waals surface area contributed by atoms with Crippen molar-refractivity contribution in [1.29, 1.82) is 5.26 Å². The summed E-state index contributed by atoms with van der Waals surface area (Å²) >= 11 is 4.86. The standard InChI is InChI=1S/C22H18BrN3O3S/c1-13-20(14(2)27)21(16-8-4-5-9-18(16)23)17(11-24)22(25-13)30-12-15-7-3-6-10-19(15)26(28)29/h3-10,21,25H,12H2,1-2H3. The minimum absolute atomic E-state index is 0.0407. The smallest absolute Gasteiger partial charge is 0.273 e. The molecule has 30 heavy (non-hydrogen) atoms. The SMILES string of the molecule is CC(=O)C1=C(C)NC(SCc2ccccc2[N+](=O)[O-])=C(C#N)C1c1ccccc1Br. The molecule has 0 fully saturated rings. The highest BCUT2D eigenvalue weighted by molar-refractivity contribution is 9.10. The van der Waals surface area contributed by atoms with Crippen molar-refractivity contribution in [3.05, 3.63) is 96.1 Å². The Morgan fingerprint density at radius 2 is 1.93 bits per heavy atom. The summed E-state index contributed by atoms with van der Waals surface area (Å²) in [5.74, 6) is -0.315. The number of allylic oxidation sites excluding steroid dienone is 3. The van der Waals surface area contributed by atoms with E-state index in [1.165, 1.54) is 24.8 Å². The fourth-order valence-corrected chi connectivity index (χ4v) is 5.08. The molecule has 1 aliphatic heterocycles. The first kappa shape index (κ1) is 21.8. The lowest BCUT2D eigenvalue weighted by Gasteiger charge is -2.30. The maximum Gasteiger partial charge on any atom is 0.273 e. The molecule has 0 radical (unpaired) electrons. The molecular weight excluding hydrogens is 466 g/mol. The number of Topliss-reactive ketones (excluding diaryl/α,β-unsaturated/α-hetero) is 1. The number of nitrogens with one attached hydrogen (secondary N) is 1. The number of hydrogen-bond donors (Lipinski definition) is 1. The molecule has 1 atom stereocenters. The van der Waals surface area contributed by atoms with Crippen LogP contribution in [0.15, 0.2) is 74.9 Å². The summed E-state index contributed by atoms with van der Waals surface area (Å²) in [7, 11) is 0. The summed E-state index contributed by atoms with van der Waals surface area (Å²) < 4.78 is 0.805. The van der Waals surface area contributed by atoms with Gasteiger partial charge in [0.15, 0.2) is 5.78 Å². The maximum absolute atomic E-state index is 12.4. The lowest BCUT2D eigenvalue weighted by atomic mass is 9.81. The number of nitro groups is 1. The van der Waals surface area contributed by atoms with Crippen LogP contribution in [0.1, 0.15) is 30.9 Å². The highest BCUT2D eigenvalue weighted by Gasteiger charge is 2.34. The molecule has 6 nitrogen and oxygen atoms in total. The van der Waals surface area contributed by atoms with Crippen LogP contribution in [0.25, 0.3) is 0 Å². The molecule has 2 aromatic carbocycles. The van der Waals surface area contributed by atoms with E-state index in [-0.39, 0.29) is 11.5 Å². The van der Waals surface area contributed by atoms with Gasteiger partial charge < -0.3 is 5.32 Å². The lowest BCUT2D eigenvalue weighted by molar-refractivity contribution is -0.385. The van der Waals surface area contributed by atoms with E-state index in [2.05, 4.69) is 27.3 Å². The summed E-state index contributed by atoms with van der Waals surface area (Å²) in [4.78, 5) is 23.3. The molecule has 0 saturated heterocycles. The number of benzene rings is 2. The molecule has 3 rings (SSSR count). The van der Waals surface area contributed by atoms with Gasteiger partial charge in [-0.3, -0.25) is 14.9 Å². The van der Waals surface area contributed by atoms with E-state index in [0.29, 0.717) is 33.2 Å². The number of dihydropyridines is 1. The van der Waals surface area contributed by atoms with Crippen LogP contribution in [0, 0.1) is 21.4 Å². The van der Waals surface area contributed by atoms with Crippen molar-refractivity contribution in [2.45, 2.75) is 25.5 Å². The number of ketones is 1. The Bertz CT molecular complexity index is 1130. The molecule has 0 spiro atoms. The Labute approximate surface area is 187 Å². The Morgan fingerprint density at radius 1 is 1.27 bits per heavy atom. The third-order valence-corrected chi connectivity index (χ3v) is 6.59. The summed E-state index contributed by atoms with van der Waals surface area (Å²) in [6.45, 7) is 3.30. The second kappa shape index (κ2) is 9.28. The molecule has 0 amide bonds. The van der Waals surface area contributed by atoms with Gasteiger partial charge in [-0.05, 0) is 25.5 Å². The molecule has 0 bridgehead atoms. The van der Waals surface area contributed by atoms with Gasteiger partial charge in [0.25, 0.3) is 5.69 Å². The molecule has 0 aliphatic carbocycles. The van der Waals surface area contributed by atoms with E-state index in [9.17, 15) is 20.2 Å². The van der Waals surface area contributed by atoms with Crippen LogP contribution in [0.2, 0.25) is 0 Å². The summed E-state index contributed by atoms with van der Waals surface area (Å²) in [5, 5.41) is 25.1. The van der Waals surface area contributed by atoms with E-state index >= 15 is 0 Å². The highest BCUT2D eigenvalue weighted by Crippen LogP contribution is 2.43. The molecule has 0 saturated carbocycles. The number of carbonyl (C=O) groups is 1. The van der Waals surface area contributed by atoms with Crippen LogP contribution in [0.4, 0.5) is 5.69 Å². The second-order valence-electron chi connectivity index (χ2n) is 6.70. The summed E-state index contributed by atoms with van der Waals surface area (Å²) in [6.07, 6.45) is 0. The van der Waals surface area contributed by atoms with Gasteiger partial charge in [-0.25, -0.2) is 0 Å². The minimum atomic E-state index is -0.516. The Morgan fingerprint density at radius 3 is 2.57 bits per heavy atom. The van der Waals surface area contributed by atoms with Gasteiger partial charge in [0.1, 0.15) is 0 Å². The average Bonchev–Trinajstić information content (AvgIpc) is 2.71. The van der Waals surface area contributed by atoms with Crippen molar-refractivity contribution in [3.63, 3.8) is 0 Å². The largest absolute Gasteiger partial charge is 0.353 e. The number of rotatable bonds is 6. The monoisotopic (exact) mass is 483 g/mol. The zero-order valence-corrected chi connectivity index (χ0v) is 18.7. The lowest BCUT2D eigenvalue weighted by Crippen LogP contribution is -2.27. The maximum atomic E-state index is 12.4. The van der Waals surface area contributed by atoms with E-state index < -0.39 is 10.8 Å². The number of halogens is 1. The van der Waals surface area contributed by atoms with Crippen LogP contribution in [-0.2, 0) is 10.5 Å². The predicted molar refractivity (Wildman–Crippen MR) is 120 cm³/mol. The Hall–Kier alpha value is -2.89. The first-order valence-electron chi connectivity index (χ1n) is 9.07. The number of nitriles is 1. The van der Waals surface area contributed by atoms with Crippen molar-refractivity contribution in [2.24, 2.45) is 0 Å². The average molecular weight is 484 g/mol. The van der Waals surface area contributed by atoms with Gasteiger partial charge in [0.05, 0.1) is 27.5 Å². The Kier molecular flexibility index (Phi) is 6.75. The third kappa shape index (κ3) is 4.32. The van der Waals surface area contributed by atoms with Gasteiger partial charge in [-0.1, -0.05) is 52.3 Å². The molecule has 2 aromatic rings. The second-order valence-corrected chi connectivity index (χ2v) is 8.54. The number of thioether (sulfide) groups is 1. The molecule has 1 heterocycles. The van der Waals surface area contributed by atoms with Crippen molar-refractivity contribution in [3.8, 4) is 6.07 Å². The van der Waals surface area contributed by atoms with Gasteiger partial charge in [-0.2, -0.15) is 5.26 Å². The van der Waals surface area contributed by atoms with E-state index in [0.717, 1.165) is 10.0 Å². The van der Waals surface area contributed by atoms with E-state index in [1.54, 1.807) is 25.1 Å². The number of carbonyl (C=O) groups excluding carboxylic acids is 1. The normalized spacial score (nSPS) is 16.1. The van der Waals surface area contributed by atoms with Gasteiger partial charge in [0.2, 0.25) is 0 Å². The molecular formula is C22H18BrN3O3S. The molecule has 8 heteroatoms.